The number of piperazine rings is 1. The van der Waals surface area contributed by atoms with E-state index in [1.807, 2.05) is 0 Å². The van der Waals surface area contributed by atoms with Crippen molar-refractivity contribution in [1.82, 2.24) is 15.1 Å². The lowest BCUT2D eigenvalue weighted by Gasteiger charge is -2.29. The fourth-order valence-corrected chi connectivity index (χ4v) is 2.60. The Kier molecular flexibility index (Phi) is 5.37. The molecule has 0 atom stereocenters. The standard InChI is InChI=1S/C16H27N3/c1-14-5-4-6-16(15(14)2)13-18(3)11-12-19-9-7-17-8-10-19/h4-6,17H,7-13H2,1-3H3. The molecule has 0 radical (unpaired) electrons. The van der Waals surface area contributed by atoms with Crippen LogP contribution in [0.25, 0.3) is 0 Å². The van der Waals surface area contributed by atoms with Crippen molar-refractivity contribution >= 4 is 0 Å². The molecule has 0 unspecified atom stereocenters. The third-order valence-corrected chi connectivity index (χ3v) is 4.16. The van der Waals surface area contributed by atoms with E-state index in [1.165, 1.54) is 36.3 Å². The first-order valence-corrected chi connectivity index (χ1v) is 7.33. The minimum absolute atomic E-state index is 1.06. The van der Waals surface area contributed by atoms with E-state index < -0.39 is 0 Å². The number of hydrogen-bond acceptors (Lipinski definition) is 3. The van der Waals surface area contributed by atoms with Crippen LogP contribution in [-0.2, 0) is 6.54 Å². The van der Waals surface area contributed by atoms with Gasteiger partial charge in [-0.3, -0.25) is 4.90 Å². The maximum Gasteiger partial charge on any atom is 0.0233 e. The van der Waals surface area contributed by atoms with E-state index in [2.05, 4.69) is 54.2 Å². The second-order valence-corrected chi connectivity index (χ2v) is 5.69. The molecule has 1 fully saturated rings. The lowest BCUT2D eigenvalue weighted by atomic mass is 10.0. The van der Waals surface area contributed by atoms with Crippen LogP contribution >= 0.6 is 0 Å². The molecule has 0 aromatic heterocycles. The molecule has 0 saturated carbocycles. The molecule has 0 amide bonds. The maximum absolute atomic E-state index is 3.40. The van der Waals surface area contributed by atoms with Gasteiger partial charge in [0.05, 0.1) is 0 Å². The van der Waals surface area contributed by atoms with Crippen molar-refractivity contribution in [2.75, 3.05) is 46.3 Å². The fraction of sp³-hybridized carbons (Fsp3) is 0.625. The van der Waals surface area contributed by atoms with Gasteiger partial charge in [0.2, 0.25) is 0 Å². The normalized spacial score (nSPS) is 17.1. The van der Waals surface area contributed by atoms with Gasteiger partial charge >= 0.3 is 0 Å². The van der Waals surface area contributed by atoms with E-state index in [0.29, 0.717) is 0 Å². The van der Waals surface area contributed by atoms with Crippen LogP contribution in [0.5, 0.6) is 0 Å². The SMILES string of the molecule is Cc1cccc(CN(C)CCN2CCNCC2)c1C. The molecule has 1 aromatic rings. The van der Waals surface area contributed by atoms with Gasteiger partial charge in [-0.1, -0.05) is 18.2 Å². The van der Waals surface area contributed by atoms with Crippen molar-refractivity contribution in [2.24, 2.45) is 0 Å². The third-order valence-electron chi connectivity index (χ3n) is 4.16. The molecule has 1 N–H and O–H groups in total. The summed E-state index contributed by atoms with van der Waals surface area (Å²) in [4.78, 5) is 4.99. The molecule has 1 aliphatic heterocycles. The van der Waals surface area contributed by atoms with Gasteiger partial charge in [-0.05, 0) is 37.6 Å². The lowest BCUT2D eigenvalue weighted by Crippen LogP contribution is -2.45. The number of likely N-dealkylation sites (N-methyl/N-ethyl adjacent to an activating group) is 1. The maximum atomic E-state index is 3.40. The van der Waals surface area contributed by atoms with Gasteiger partial charge in [-0.2, -0.15) is 0 Å². The van der Waals surface area contributed by atoms with Gasteiger partial charge in [0.15, 0.2) is 0 Å². The molecule has 3 nitrogen and oxygen atoms in total. The monoisotopic (exact) mass is 261 g/mol. The predicted octanol–water partition coefficient (Wildman–Crippen LogP) is 1.64. The molecule has 3 heteroatoms. The summed E-state index contributed by atoms with van der Waals surface area (Å²) in [6, 6.07) is 6.62. The zero-order valence-corrected chi connectivity index (χ0v) is 12.6. The largest absolute Gasteiger partial charge is 0.314 e. The molecule has 0 spiro atoms. The summed E-state index contributed by atoms with van der Waals surface area (Å²) in [5.41, 5.74) is 4.30. The number of benzene rings is 1. The second-order valence-electron chi connectivity index (χ2n) is 5.69. The summed E-state index contributed by atoms with van der Waals surface area (Å²) >= 11 is 0. The molecule has 0 aliphatic carbocycles. The smallest absolute Gasteiger partial charge is 0.0233 e. The number of aryl methyl sites for hydroxylation is 1. The first kappa shape index (κ1) is 14.5. The van der Waals surface area contributed by atoms with Crippen molar-refractivity contribution in [3.8, 4) is 0 Å². The van der Waals surface area contributed by atoms with Crippen LogP contribution in [-0.4, -0.2) is 56.1 Å². The Balaban J connectivity index is 1.80. The predicted molar refractivity (Wildman–Crippen MR) is 81.6 cm³/mol. The Morgan fingerprint density at radius 1 is 1.21 bits per heavy atom. The minimum atomic E-state index is 1.06. The molecule has 0 bridgehead atoms. The van der Waals surface area contributed by atoms with Crippen molar-refractivity contribution in [1.29, 1.82) is 0 Å². The number of rotatable bonds is 5. The van der Waals surface area contributed by atoms with E-state index in [4.69, 9.17) is 0 Å². The molecule has 19 heavy (non-hydrogen) atoms. The average molecular weight is 261 g/mol. The molecular weight excluding hydrogens is 234 g/mol. The number of nitrogens with zero attached hydrogens (tertiary/aromatic N) is 2. The van der Waals surface area contributed by atoms with Crippen molar-refractivity contribution in [3.05, 3.63) is 34.9 Å². The van der Waals surface area contributed by atoms with Crippen LogP contribution < -0.4 is 5.32 Å². The molecule has 1 saturated heterocycles. The molecule has 1 heterocycles. The third kappa shape index (κ3) is 4.30. The van der Waals surface area contributed by atoms with Gasteiger partial charge < -0.3 is 10.2 Å². The Morgan fingerprint density at radius 2 is 1.95 bits per heavy atom. The van der Waals surface area contributed by atoms with E-state index >= 15 is 0 Å². The van der Waals surface area contributed by atoms with Crippen LogP contribution in [0.4, 0.5) is 0 Å². The Labute approximate surface area is 117 Å². The van der Waals surface area contributed by atoms with Gasteiger partial charge in [0.25, 0.3) is 0 Å². The summed E-state index contributed by atoms with van der Waals surface area (Å²) in [5, 5.41) is 3.40. The topological polar surface area (TPSA) is 18.5 Å². The highest BCUT2D eigenvalue weighted by molar-refractivity contribution is 5.32. The van der Waals surface area contributed by atoms with E-state index in [-0.39, 0.29) is 0 Å². The van der Waals surface area contributed by atoms with E-state index in [1.54, 1.807) is 0 Å². The molecule has 1 aromatic carbocycles. The summed E-state index contributed by atoms with van der Waals surface area (Å²) < 4.78 is 0. The summed E-state index contributed by atoms with van der Waals surface area (Å²) in [6.07, 6.45) is 0. The highest BCUT2D eigenvalue weighted by atomic mass is 15.2. The summed E-state index contributed by atoms with van der Waals surface area (Å²) in [5.74, 6) is 0. The highest BCUT2D eigenvalue weighted by Gasteiger charge is 2.10. The van der Waals surface area contributed by atoms with E-state index in [9.17, 15) is 0 Å². The average Bonchev–Trinajstić information content (AvgIpc) is 2.43. The van der Waals surface area contributed by atoms with Crippen LogP contribution in [0.15, 0.2) is 18.2 Å². The fourth-order valence-electron chi connectivity index (χ4n) is 2.60. The summed E-state index contributed by atoms with van der Waals surface area (Å²) in [7, 11) is 2.23. The zero-order chi connectivity index (χ0) is 13.7. The van der Waals surface area contributed by atoms with Crippen molar-refractivity contribution in [3.63, 3.8) is 0 Å². The minimum Gasteiger partial charge on any atom is -0.314 e. The second kappa shape index (κ2) is 7.04. The molecular formula is C16H27N3. The first-order chi connectivity index (χ1) is 9.16. The van der Waals surface area contributed by atoms with Crippen molar-refractivity contribution < 1.29 is 0 Å². The van der Waals surface area contributed by atoms with Gasteiger partial charge in [0.1, 0.15) is 0 Å². The quantitative estimate of drug-likeness (QED) is 0.869. The van der Waals surface area contributed by atoms with E-state index in [0.717, 1.165) is 26.2 Å². The summed E-state index contributed by atoms with van der Waals surface area (Å²) in [6.45, 7) is 12.5. The molecule has 1 aliphatic rings. The highest BCUT2D eigenvalue weighted by Crippen LogP contribution is 2.14. The zero-order valence-electron chi connectivity index (χ0n) is 12.6. The van der Waals surface area contributed by atoms with Crippen LogP contribution in [0.3, 0.4) is 0 Å². The lowest BCUT2D eigenvalue weighted by molar-refractivity contribution is 0.202. The molecule has 106 valence electrons. The number of hydrogen-bond donors (Lipinski definition) is 1. The first-order valence-electron chi connectivity index (χ1n) is 7.33. The van der Waals surface area contributed by atoms with Crippen LogP contribution in [0, 0.1) is 13.8 Å². The van der Waals surface area contributed by atoms with Gasteiger partial charge in [-0.25, -0.2) is 0 Å². The molecule has 2 rings (SSSR count). The van der Waals surface area contributed by atoms with Crippen molar-refractivity contribution in [2.45, 2.75) is 20.4 Å². The van der Waals surface area contributed by atoms with Gasteiger partial charge in [-0.15, -0.1) is 0 Å². The Morgan fingerprint density at radius 3 is 2.68 bits per heavy atom. The Bertz CT molecular complexity index is 397. The van der Waals surface area contributed by atoms with Crippen LogP contribution in [0.2, 0.25) is 0 Å². The van der Waals surface area contributed by atoms with Crippen LogP contribution in [0.1, 0.15) is 16.7 Å². The Hall–Kier alpha value is -0.900. The number of nitrogens with one attached hydrogen (secondary N) is 1. The van der Waals surface area contributed by atoms with Gasteiger partial charge in [0, 0.05) is 45.8 Å².